The third-order valence-corrected chi connectivity index (χ3v) is 0.454. The van der Waals surface area contributed by atoms with E-state index in [0.717, 1.165) is 12.0 Å². The maximum absolute atomic E-state index is 4.08. The molecule has 4 heteroatoms. The fourth-order valence-electron chi connectivity index (χ4n) is 0.0761. The second-order valence-electron chi connectivity index (χ2n) is 0.408. The highest BCUT2D eigenvalue weighted by Crippen LogP contribution is 2.04. The van der Waals surface area contributed by atoms with Crippen molar-refractivity contribution in [2.45, 2.75) is 0 Å². The first-order chi connectivity index (χ1) is 2.50. The zero-order valence-electron chi connectivity index (χ0n) is 2.17. The largest absolute Gasteiger partial charge is 0.209 e. The molecule has 1 heterocycles. The van der Waals surface area contributed by atoms with Crippen molar-refractivity contribution in [3.8, 4) is 0 Å². The molecule has 0 aromatic carbocycles. The molecule has 0 fully saturated rings. The molecular weight excluding hydrogens is 90.1 g/mol. The average Bonchev–Trinajstić information content (AvgIpc) is 1.76. The molecule has 0 amide bonds. The molecule has 1 rings (SSSR count). The van der Waals surface area contributed by atoms with Gasteiger partial charge in [-0.2, -0.15) is 0 Å². The Labute approximate surface area is 33.1 Å². The predicted octanol–water partition coefficient (Wildman–Crippen LogP) is 0.417. The van der Waals surface area contributed by atoms with Crippen LogP contribution in [0, 0.1) is 0 Å². The number of hydrogen-bond acceptors (Lipinski definition) is 4. The summed E-state index contributed by atoms with van der Waals surface area (Å²) in [4.78, 5) is 3.92. The second kappa shape index (κ2) is 1.28. The molecule has 1 aliphatic heterocycles. The molecule has 5 heavy (non-hydrogen) atoms. The summed E-state index contributed by atoms with van der Waals surface area (Å²) in [6.45, 7) is 0. The quantitative estimate of drug-likeness (QED) is 0.319. The minimum atomic E-state index is 0.935. The summed E-state index contributed by atoms with van der Waals surface area (Å²) in [7, 11) is 0. The summed E-state index contributed by atoms with van der Waals surface area (Å²) in [6, 6.07) is 0. The molecule has 27 valence electrons. The first-order valence-electron chi connectivity index (χ1n) is 0.944. The topological polar surface area (TPSA) is 30.8 Å². The van der Waals surface area contributed by atoms with E-state index in [2.05, 4.69) is 20.0 Å². The highest BCUT2D eigenvalue weighted by molar-refractivity contribution is 8.08. The lowest BCUT2D eigenvalue weighted by atomic mass is 11.7. The Hall–Kier alpha value is -0.220. The molecule has 0 unspecified atom stereocenters. The van der Waals surface area contributed by atoms with E-state index in [0.29, 0.717) is 0 Å². The van der Waals surface area contributed by atoms with Crippen LogP contribution in [-0.4, -0.2) is 5.55 Å². The van der Waals surface area contributed by atoms with Crippen molar-refractivity contribution in [1.29, 1.82) is 0 Å². The summed E-state index contributed by atoms with van der Waals surface area (Å²) in [5, 5.41) is 3.07. The molecule has 0 saturated heterocycles. The lowest BCUT2D eigenvalue weighted by Gasteiger charge is -1.72. The van der Waals surface area contributed by atoms with Crippen LogP contribution in [-0.2, 0) is 9.32 Å². The smallest absolute Gasteiger partial charge is 0.206 e. The third-order valence-electron chi connectivity index (χ3n) is 0.176. The minimum absolute atomic E-state index is 0.935. The Morgan fingerprint density at radius 1 is 1.80 bits per heavy atom. The summed E-state index contributed by atoms with van der Waals surface area (Å²) < 4.78 is 4.08. The fourth-order valence-corrected chi connectivity index (χ4v) is 0.228. The predicted molar refractivity (Wildman–Crippen MR) is 17.2 cm³/mol. The molecule has 0 aromatic heterocycles. The Morgan fingerprint density at radius 3 is 3.00 bits per heavy atom. The Kier molecular flexibility index (Phi) is 0.764. The summed E-state index contributed by atoms with van der Waals surface area (Å²) in [5.74, 6) is 0. The molecule has 0 spiro atoms. The molecule has 0 atom stereocenters. The van der Waals surface area contributed by atoms with Gasteiger partial charge in [0.1, 0.15) is 12.0 Å². The summed E-state index contributed by atoms with van der Waals surface area (Å²) >= 11 is 0.935. The van der Waals surface area contributed by atoms with Crippen molar-refractivity contribution in [1.82, 2.24) is 0 Å². The molecule has 1 radical (unpaired) electrons. The van der Waals surface area contributed by atoms with Gasteiger partial charge in [-0.25, -0.2) is 4.99 Å². The van der Waals surface area contributed by atoms with Crippen LogP contribution in [0.25, 0.3) is 0 Å². The van der Waals surface area contributed by atoms with Crippen LogP contribution < -0.4 is 0 Å². The van der Waals surface area contributed by atoms with Crippen LogP contribution in [0.15, 0.2) is 5.16 Å². The molecule has 3 nitrogen and oxygen atoms in total. The molecular formula is CNO2S. The van der Waals surface area contributed by atoms with Crippen molar-refractivity contribution in [3.63, 3.8) is 0 Å². The van der Waals surface area contributed by atoms with E-state index in [1.54, 1.807) is 0 Å². The second-order valence-corrected chi connectivity index (χ2v) is 0.894. The van der Waals surface area contributed by atoms with Crippen LogP contribution >= 0.6 is 12.0 Å². The Morgan fingerprint density at radius 2 is 2.80 bits per heavy atom. The van der Waals surface area contributed by atoms with Crippen molar-refractivity contribution in [2.75, 3.05) is 0 Å². The van der Waals surface area contributed by atoms with E-state index in [4.69, 9.17) is 0 Å². The highest BCUT2D eigenvalue weighted by atomic mass is 32.2. The first kappa shape index (κ1) is 2.99. The first-order valence-corrected chi connectivity index (χ1v) is 1.69. The van der Waals surface area contributed by atoms with Gasteiger partial charge >= 0.3 is 0 Å². The van der Waals surface area contributed by atoms with E-state index in [1.807, 2.05) is 0 Å². The van der Waals surface area contributed by atoms with E-state index in [-0.39, 0.29) is 0 Å². The average molecular weight is 90.1 g/mol. The van der Waals surface area contributed by atoms with E-state index in [9.17, 15) is 0 Å². The Bertz CT molecular complexity index is 47.6. The van der Waals surface area contributed by atoms with Gasteiger partial charge in [-0.1, -0.05) is 4.33 Å². The van der Waals surface area contributed by atoms with Crippen LogP contribution in [0.2, 0.25) is 0 Å². The highest BCUT2D eigenvalue weighted by Gasteiger charge is 1.90. The molecule has 0 aliphatic carbocycles. The standard InChI is InChI=1S/CNO2S/c1-2-3-4-5-1. The van der Waals surface area contributed by atoms with Gasteiger partial charge in [0.2, 0.25) is 5.55 Å². The minimum Gasteiger partial charge on any atom is -0.206 e. The maximum Gasteiger partial charge on any atom is 0.209 e. The van der Waals surface area contributed by atoms with Crippen molar-refractivity contribution < 1.29 is 9.32 Å². The SMILES string of the molecule is [C]1=NOOS1. The molecule has 0 saturated carbocycles. The summed E-state index contributed by atoms with van der Waals surface area (Å²) in [6.07, 6.45) is 0. The monoisotopic (exact) mass is 90.0 g/mol. The van der Waals surface area contributed by atoms with Gasteiger partial charge in [-0.05, 0) is 5.16 Å². The lowest BCUT2D eigenvalue weighted by molar-refractivity contribution is -0.181. The van der Waals surface area contributed by atoms with Gasteiger partial charge in [0.15, 0.2) is 0 Å². The van der Waals surface area contributed by atoms with Crippen LogP contribution in [0.5, 0.6) is 0 Å². The Balaban J connectivity index is 2.32. The van der Waals surface area contributed by atoms with Gasteiger partial charge in [-0.15, -0.1) is 0 Å². The fraction of sp³-hybridized carbons (Fsp3) is 0. The van der Waals surface area contributed by atoms with Gasteiger partial charge < -0.3 is 0 Å². The van der Waals surface area contributed by atoms with Crippen LogP contribution in [0.4, 0.5) is 0 Å². The van der Waals surface area contributed by atoms with Gasteiger partial charge in [0.05, 0.1) is 0 Å². The molecule has 1 aliphatic rings. The van der Waals surface area contributed by atoms with E-state index < -0.39 is 0 Å². The van der Waals surface area contributed by atoms with E-state index in [1.165, 1.54) is 0 Å². The maximum atomic E-state index is 4.08. The third kappa shape index (κ3) is 0.524. The van der Waals surface area contributed by atoms with Crippen molar-refractivity contribution in [3.05, 3.63) is 0 Å². The number of hydrogen-bond donors (Lipinski definition) is 0. The van der Waals surface area contributed by atoms with Gasteiger partial charge in [-0.3, -0.25) is 0 Å². The zero-order valence-corrected chi connectivity index (χ0v) is 2.99. The van der Waals surface area contributed by atoms with E-state index >= 15 is 0 Å². The van der Waals surface area contributed by atoms with Crippen molar-refractivity contribution >= 4 is 17.6 Å². The summed E-state index contributed by atoms with van der Waals surface area (Å²) in [5.41, 5.74) is 2.32. The number of rotatable bonds is 0. The lowest BCUT2D eigenvalue weighted by Crippen LogP contribution is -1.58. The van der Waals surface area contributed by atoms with Crippen molar-refractivity contribution in [2.24, 2.45) is 5.16 Å². The number of nitrogens with zero attached hydrogens (tertiary/aromatic N) is 1. The molecule has 0 aromatic rings. The molecule has 0 bridgehead atoms. The normalized spacial score (nSPS) is 19.2. The van der Waals surface area contributed by atoms with Crippen LogP contribution in [0.1, 0.15) is 0 Å². The van der Waals surface area contributed by atoms with Crippen LogP contribution in [0.3, 0.4) is 0 Å². The zero-order chi connectivity index (χ0) is 3.54. The van der Waals surface area contributed by atoms with Gasteiger partial charge in [0, 0.05) is 0 Å². The van der Waals surface area contributed by atoms with Gasteiger partial charge in [0.25, 0.3) is 0 Å². The molecule has 0 N–H and O–H groups in total.